The Morgan fingerprint density at radius 3 is 2.88 bits per heavy atom. The standard InChI is InChI=1S/C6H12N2/c1-2-3-5-8-6-4-7/h4,6-7H,2-3,5H2,1H3. The third-order valence-corrected chi connectivity index (χ3v) is 0.821. The van der Waals surface area contributed by atoms with E-state index in [0.717, 1.165) is 13.0 Å². The molecule has 0 aromatic carbocycles. The van der Waals surface area contributed by atoms with E-state index in [9.17, 15) is 0 Å². The first-order chi connectivity index (χ1) is 3.91. The van der Waals surface area contributed by atoms with E-state index in [1.807, 2.05) is 0 Å². The number of hydrogen-bond donors (Lipinski definition) is 1. The third kappa shape index (κ3) is 5.34. The minimum Gasteiger partial charge on any atom is -0.307 e. The van der Waals surface area contributed by atoms with Crippen molar-refractivity contribution in [3.63, 3.8) is 0 Å². The average Bonchev–Trinajstić information content (AvgIpc) is 1.81. The number of nitrogens with one attached hydrogen (secondary N) is 1. The van der Waals surface area contributed by atoms with Crippen LogP contribution in [0.25, 0.3) is 0 Å². The Balaban J connectivity index is 2.91. The van der Waals surface area contributed by atoms with Crippen LogP contribution in [-0.2, 0) is 0 Å². The Hall–Kier alpha value is -0.660. The zero-order valence-electron chi connectivity index (χ0n) is 5.22. The zero-order chi connectivity index (χ0) is 6.24. The smallest absolute Gasteiger partial charge is 0.0389 e. The molecule has 0 saturated heterocycles. The molecule has 0 aliphatic rings. The van der Waals surface area contributed by atoms with Gasteiger partial charge in [-0.3, -0.25) is 4.99 Å². The minimum absolute atomic E-state index is 0.867. The Morgan fingerprint density at radius 1 is 1.62 bits per heavy atom. The number of unbranched alkanes of at least 4 members (excludes halogenated alkanes) is 1. The van der Waals surface area contributed by atoms with Gasteiger partial charge in [0.25, 0.3) is 0 Å². The van der Waals surface area contributed by atoms with Crippen LogP contribution in [0.5, 0.6) is 0 Å². The molecule has 0 bridgehead atoms. The van der Waals surface area contributed by atoms with Gasteiger partial charge in [-0.05, 0) is 6.42 Å². The topological polar surface area (TPSA) is 36.2 Å². The lowest BCUT2D eigenvalue weighted by molar-refractivity contribution is 0.811. The lowest BCUT2D eigenvalue weighted by Gasteiger charge is -1.84. The van der Waals surface area contributed by atoms with E-state index in [2.05, 4.69) is 11.9 Å². The highest BCUT2D eigenvalue weighted by Crippen LogP contribution is 1.84. The number of nitrogens with zero attached hydrogens (tertiary/aromatic N) is 1. The maximum Gasteiger partial charge on any atom is 0.0389 e. The fourth-order valence-corrected chi connectivity index (χ4v) is 0.377. The summed E-state index contributed by atoms with van der Waals surface area (Å²) in [6, 6.07) is 0. The van der Waals surface area contributed by atoms with Crippen LogP contribution in [0.15, 0.2) is 4.99 Å². The fraction of sp³-hybridized carbons (Fsp3) is 0.667. The van der Waals surface area contributed by atoms with Gasteiger partial charge in [0.1, 0.15) is 0 Å². The molecule has 0 aliphatic carbocycles. The van der Waals surface area contributed by atoms with E-state index in [1.54, 1.807) is 0 Å². The molecule has 0 fully saturated rings. The zero-order valence-corrected chi connectivity index (χ0v) is 5.22. The van der Waals surface area contributed by atoms with Gasteiger partial charge in [0.2, 0.25) is 0 Å². The largest absolute Gasteiger partial charge is 0.307 e. The van der Waals surface area contributed by atoms with Gasteiger partial charge < -0.3 is 5.41 Å². The molecule has 1 N–H and O–H groups in total. The third-order valence-electron chi connectivity index (χ3n) is 0.821. The number of rotatable bonds is 4. The van der Waals surface area contributed by atoms with E-state index >= 15 is 0 Å². The lowest BCUT2D eigenvalue weighted by atomic mass is 10.3. The fourth-order valence-electron chi connectivity index (χ4n) is 0.377. The molecule has 0 unspecified atom stereocenters. The molecule has 0 saturated carbocycles. The summed E-state index contributed by atoms with van der Waals surface area (Å²) >= 11 is 0. The van der Waals surface area contributed by atoms with Crippen molar-refractivity contribution in [1.29, 1.82) is 5.41 Å². The average molecular weight is 112 g/mol. The molecule has 46 valence electrons. The highest BCUT2D eigenvalue weighted by atomic mass is 14.7. The van der Waals surface area contributed by atoms with Crippen molar-refractivity contribution in [2.75, 3.05) is 6.54 Å². The molecule has 8 heavy (non-hydrogen) atoms. The Morgan fingerprint density at radius 2 is 2.38 bits per heavy atom. The quantitative estimate of drug-likeness (QED) is 0.422. The van der Waals surface area contributed by atoms with Crippen LogP contribution in [0.4, 0.5) is 0 Å². The van der Waals surface area contributed by atoms with Crippen molar-refractivity contribution in [2.45, 2.75) is 19.8 Å². The van der Waals surface area contributed by atoms with Gasteiger partial charge in [-0.15, -0.1) is 0 Å². The number of hydrogen-bond acceptors (Lipinski definition) is 2. The molecule has 0 radical (unpaired) electrons. The van der Waals surface area contributed by atoms with E-state index < -0.39 is 0 Å². The van der Waals surface area contributed by atoms with Gasteiger partial charge >= 0.3 is 0 Å². The Kier molecular flexibility index (Phi) is 5.82. The summed E-state index contributed by atoms with van der Waals surface area (Å²) in [5, 5.41) is 6.56. The Labute approximate surface area is 50.1 Å². The molecule has 0 atom stereocenters. The Bertz CT molecular complexity index is 76.6. The molecule has 0 rings (SSSR count). The van der Waals surface area contributed by atoms with Gasteiger partial charge in [-0.2, -0.15) is 0 Å². The molecular formula is C6H12N2. The van der Waals surface area contributed by atoms with Crippen molar-refractivity contribution in [3.8, 4) is 0 Å². The van der Waals surface area contributed by atoms with Crippen LogP contribution >= 0.6 is 0 Å². The van der Waals surface area contributed by atoms with Crippen LogP contribution in [-0.4, -0.2) is 19.0 Å². The maximum absolute atomic E-state index is 6.56. The van der Waals surface area contributed by atoms with Gasteiger partial charge in [-0.1, -0.05) is 13.3 Å². The van der Waals surface area contributed by atoms with Gasteiger partial charge in [0.15, 0.2) is 0 Å². The van der Waals surface area contributed by atoms with Crippen molar-refractivity contribution >= 4 is 12.4 Å². The molecule has 0 aromatic heterocycles. The highest BCUT2D eigenvalue weighted by molar-refractivity contribution is 6.14. The van der Waals surface area contributed by atoms with E-state index in [1.165, 1.54) is 18.9 Å². The van der Waals surface area contributed by atoms with Crippen LogP contribution in [0.2, 0.25) is 0 Å². The molecule has 0 amide bonds. The van der Waals surface area contributed by atoms with E-state index in [4.69, 9.17) is 5.41 Å². The van der Waals surface area contributed by atoms with Crippen molar-refractivity contribution in [1.82, 2.24) is 0 Å². The predicted molar refractivity (Wildman–Crippen MR) is 37.1 cm³/mol. The molecule has 0 aliphatic heterocycles. The molecular weight excluding hydrogens is 100 g/mol. The van der Waals surface area contributed by atoms with Crippen LogP contribution in [0.1, 0.15) is 19.8 Å². The van der Waals surface area contributed by atoms with Gasteiger partial charge in [0, 0.05) is 19.0 Å². The first-order valence-electron chi connectivity index (χ1n) is 2.90. The van der Waals surface area contributed by atoms with Gasteiger partial charge in [0.05, 0.1) is 0 Å². The molecule has 0 aromatic rings. The predicted octanol–water partition coefficient (Wildman–Crippen LogP) is 1.51. The summed E-state index contributed by atoms with van der Waals surface area (Å²) in [6.45, 7) is 2.99. The van der Waals surface area contributed by atoms with Crippen LogP contribution in [0, 0.1) is 5.41 Å². The minimum atomic E-state index is 0.867. The molecule has 0 spiro atoms. The second-order valence-corrected chi connectivity index (χ2v) is 1.58. The molecule has 2 nitrogen and oxygen atoms in total. The van der Waals surface area contributed by atoms with Crippen molar-refractivity contribution < 1.29 is 0 Å². The van der Waals surface area contributed by atoms with Gasteiger partial charge in [-0.25, -0.2) is 0 Å². The second-order valence-electron chi connectivity index (χ2n) is 1.58. The van der Waals surface area contributed by atoms with Crippen molar-refractivity contribution in [2.24, 2.45) is 4.99 Å². The highest BCUT2D eigenvalue weighted by Gasteiger charge is 1.74. The summed E-state index contributed by atoms with van der Waals surface area (Å²) in [6.07, 6.45) is 5.03. The first-order valence-corrected chi connectivity index (χ1v) is 2.90. The number of aliphatic imine (C=N–C) groups is 1. The summed E-state index contributed by atoms with van der Waals surface area (Å²) in [5.41, 5.74) is 0. The van der Waals surface area contributed by atoms with Crippen LogP contribution < -0.4 is 0 Å². The summed E-state index contributed by atoms with van der Waals surface area (Å²) in [4.78, 5) is 3.91. The van der Waals surface area contributed by atoms with E-state index in [0.29, 0.717) is 0 Å². The SMILES string of the molecule is CCCCN=CC=N. The molecule has 2 heteroatoms. The summed E-state index contributed by atoms with van der Waals surface area (Å²) < 4.78 is 0. The summed E-state index contributed by atoms with van der Waals surface area (Å²) in [5.74, 6) is 0. The normalized spacial score (nSPS) is 10.1. The lowest BCUT2D eigenvalue weighted by Crippen LogP contribution is -1.79. The summed E-state index contributed by atoms with van der Waals surface area (Å²) in [7, 11) is 0. The maximum atomic E-state index is 6.56. The van der Waals surface area contributed by atoms with Crippen molar-refractivity contribution in [3.05, 3.63) is 0 Å². The van der Waals surface area contributed by atoms with Crippen LogP contribution in [0.3, 0.4) is 0 Å². The monoisotopic (exact) mass is 112 g/mol. The molecule has 0 heterocycles. The first kappa shape index (κ1) is 7.34. The second kappa shape index (κ2) is 6.34. The van der Waals surface area contributed by atoms with E-state index in [-0.39, 0.29) is 0 Å².